The highest BCUT2D eigenvalue weighted by Gasteiger charge is 2.31. The lowest BCUT2D eigenvalue weighted by Crippen LogP contribution is -2.47. The topological polar surface area (TPSA) is 36.3 Å². The molecule has 0 bridgehead atoms. The van der Waals surface area contributed by atoms with E-state index in [-0.39, 0.29) is 5.92 Å². The molecule has 3 nitrogen and oxygen atoms in total. The molecule has 0 saturated heterocycles. The average molecular weight is 224 g/mol. The SMILES string of the molecule is COCCN(C(C)C)C1CCCCC1C#N. The number of nitriles is 1. The monoisotopic (exact) mass is 224 g/mol. The van der Waals surface area contributed by atoms with Gasteiger partial charge in [0.05, 0.1) is 18.6 Å². The molecule has 16 heavy (non-hydrogen) atoms. The largest absolute Gasteiger partial charge is 0.383 e. The summed E-state index contributed by atoms with van der Waals surface area (Å²) in [6.45, 7) is 6.11. The minimum Gasteiger partial charge on any atom is -0.383 e. The quantitative estimate of drug-likeness (QED) is 0.719. The fourth-order valence-corrected chi connectivity index (χ4v) is 2.66. The molecular weight excluding hydrogens is 200 g/mol. The predicted molar refractivity (Wildman–Crippen MR) is 65.1 cm³/mol. The van der Waals surface area contributed by atoms with Gasteiger partial charge in [0, 0.05) is 25.7 Å². The van der Waals surface area contributed by atoms with Crippen LogP contribution in [0.1, 0.15) is 39.5 Å². The van der Waals surface area contributed by atoms with Crippen molar-refractivity contribution in [3.8, 4) is 6.07 Å². The zero-order chi connectivity index (χ0) is 12.0. The van der Waals surface area contributed by atoms with Gasteiger partial charge in [-0.1, -0.05) is 12.8 Å². The van der Waals surface area contributed by atoms with Crippen molar-refractivity contribution in [3.05, 3.63) is 0 Å². The molecule has 0 aromatic carbocycles. The van der Waals surface area contributed by atoms with Gasteiger partial charge in [-0.15, -0.1) is 0 Å². The minimum atomic E-state index is 0.216. The Balaban J connectivity index is 2.63. The van der Waals surface area contributed by atoms with Gasteiger partial charge in [0.25, 0.3) is 0 Å². The van der Waals surface area contributed by atoms with E-state index in [1.165, 1.54) is 19.3 Å². The smallest absolute Gasteiger partial charge is 0.0672 e. The van der Waals surface area contributed by atoms with E-state index in [0.717, 1.165) is 19.6 Å². The van der Waals surface area contributed by atoms with E-state index in [4.69, 9.17) is 4.74 Å². The van der Waals surface area contributed by atoms with Gasteiger partial charge in [-0.25, -0.2) is 0 Å². The summed E-state index contributed by atoms with van der Waals surface area (Å²) in [4.78, 5) is 2.44. The first-order valence-electron chi connectivity index (χ1n) is 6.35. The van der Waals surface area contributed by atoms with E-state index < -0.39 is 0 Å². The molecule has 0 heterocycles. The summed E-state index contributed by atoms with van der Waals surface area (Å²) in [5, 5.41) is 9.21. The van der Waals surface area contributed by atoms with Crippen LogP contribution in [0, 0.1) is 17.2 Å². The van der Waals surface area contributed by atoms with Gasteiger partial charge in [0.1, 0.15) is 0 Å². The van der Waals surface area contributed by atoms with Crippen molar-refractivity contribution in [2.45, 2.75) is 51.6 Å². The maximum atomic E-state index is 9.21. The summed E-state index contributed by atoms with van der Waals surface area (Å²) in [6.07, 6.45) is 4.71. The van der Waals surface area contributed by atoms with Crippen molar-refractivity contribution in [3.63, 3.8) is 0 Å². The Morgan fingerprint density at radius 2 is 2.06 bits per heavy atom. The second kappa shape index (κ2) is 6.88. The molecule has 0 aromatic heterocycles. The Kier molecular flexibility index (Phi) is 5.79. The zero-order valence-corrected chi connectivity index (χ0v) is 10.8. The molecule has 2 atom stereocenters. The number of hydrogen-bond donors (Lipinski definition) is 0. The van der Waals surface area contributed by atoms with Crippen LogP contribution >= 0.6 is 0 Å². The number of hydrogen-bond acceptors (Lipinski definition) is 3. The minimum absolute atomic E-state index is 0.216. The van der Waals surface area contributed by atoms with Crippen molar-refractivity contribution < 1.29 is 4.74 Å². The molecule has 0 radical (unpaired) electrons. The van der Waals surface area contributed by atoms with Crippen LogP contribution < -0.4 is 0 Å². The van der Waals surface area contributed by atoms with Crippen LogP contribution in [-0.2, 0) is 4.74 Å². The third-order valence-corrected chi connectivity index (χ3v) is 3.54. The van der Waals surface area contributed by atoms with Crippen molar-refractivity contribution in [2.75, 3.05) is 20.3 Å². The lowest BCUT2D eigenvalue weighted by Gasteiger charge is -2.39. The molecule has 92 valence electrons. The number of rotatable bonds is 5. The molecule has 0 aliphatic heterocycles. The lowest BCUT2D eigenvalue weighted by molar-refractivity contribution is 0.0623. The molecule has 1 saturated carbocycles. The maximum Gasteiger partial charge on any atom is 0.0672 e. The molecular formula is C13H24N2O. The van der Waals surface area contributed by atoms with E-state index in [1.807, 2.05) is 0 Å². The van der Waals surface area contributed by atoms with Gasteiger partial charge >= 0.3 is 0 Å². The molecule has 1 fully saturated rings. The molecule has 3 heteroatoms. The first-order valence-corrected chi connectivity index (χ1v) is 6.35. The average Bonchev–Trinajstić information content (AvgIpc) is 2.29. The number of methoxy groups -OCH3 is 1. The first-order chi connectivity index (χ1) is 7.70. The third-order valence-electron chi connectivity index (χ3n) is 3.54. The predicted octanol–water partition coefficient (Wildman–Crippen LogP) is 2.43. The zero-order valence-electron chi connectivity index (χ0n) is 10.8. The van der Waals surface area contributed by atoms with Crippen molar-refractivity contribution in [2.24, 2.45) is 5.92 Å². The Bertz CT molecular complexity index is 235. The van der Waals surface area contributed by atoms with Gasteiger partial charge in [-0.05, 0) is 26.7 Å². The van der Waals surface area contributed by atoms with Crippen molar-refractivity contribution in [1.29, 1.82) is 5.26 Å². The Morgan fingerprint density at radius 3 is 2.62 bits per heavy atom. The lowest BCUT2D eigenvalue weighted by atomic mass is 9.84. The van der Waals surface area contributed by atoms with E-state index in [9.17, 15) is 5.26 Å². The molecule has 1 aliphatic rings. The summed E-state index contributed by atoms with van der Waals surface area (Å²) < 4.78 is 5.16. The fourth-order valence-electron chi connectivity index (χ4n) is 2.66. The summed E-state index contributed by atoms with van der Waals surface area (Å²) in [5.41, 5.74) is 0. The highest BCUT2D eigenvalue weighted by molar-refractivity contribution is 4.96. The summed E-state index contributed by atoms with van der Waals surface area (Å²) in [7, 11) is 1.74. The maximum absolute atomic E-state index is 9.21. The molecule has 0 N–H and O–H groups in total. The summed E-state index contributed by atoms with van der Waals surface area (Å²) >= 11 is 0. The van der Waals surface area contributed by atoms with Crippen molar-refractivity contribution >= 4 is 0 Å². The van der Waals surface area contributed by atoms with Crippen LogP contribution in [0.15, 0.2) is 0 Å². The van der Waals surface area contributed by atoms with Gasteiger partial charge in [-0.2, -0.15) is 5.26 Å². The highest BCUT2D eigenvalue weighted by Crippen LogP contribution is 2.29. The molecule has 2 unspecified atom stereocenters. The molecule has 0 aromatic rings. The van der Waals surface area contributed by atoms with E-state index in [2.05, 4.69) is 24.8 Å². The van der Waals surface area contributed by atoms with Crippen LogP contribution in [0.3, 0.4) is 0 Å². The van der Waals surface area contributed by atoms with Crippen molar-refractivity contribution in [1.82, 2.24) is 4.90 Å². The number of nitrogens with zero attached hydrogens (tertiary/aromatic N) is 2. The summed E-state index contributed by atoms with van der Waals surface area (Å²) in [6, 6.07) is 3.42. The first kappa shape index (κ1) is 13.5. The van der Waals surface area contributed by atoms with Crippen LogP contribution in [0.5, 0.6) is 0 Å². The van der Waals surface area contributed by atoms with E-state index in [1.54, 1.807) is 7.11 Å². The Morgan fingerprint density at radius 1 is 1.38 bits per heavy atom. The normalized spacial score (nSPS) is 26.0. The van der Waals surface area contributed by atoms with Gasteiger partial charge in [0.2, 0.25) is 0 Å². The second-order valence-corrected chi connectivity index (χ2v) is 4.91. The third kappa shape index (κ3) is 3.47. The second-order valence-electron chi connectivity index (χ2n) is 4.91. The van der Waals surface area contributed by atoms with Crippen LogP contribution in [0.2, 0.25) is 0 Å². The fraction of sp³-hybridized carbons (Fsp3) is 0.923. The van der Waals surface area contributed by atoms with E-state index in [0.29, 0.717) is 12.1 Å². The van der Waals surface area contributed by atoms with Crippen LogP contribution in [0.4, 0.5) is 0 Å². The highest BCUT2D eigenvalue weighted by atomic mass is 16.5. The Hall–Kier alpha value is -0.590. The van der Waals surface area contributed by atoms with E-state index >= 15 is 0 Å². The molecule has 1 aliphatic carbocycles. The Labute approximate surface area is 99.4 Å². The van der Waals surface area contributed by atoms with Crippen LogP contribution in [0.25, 0.3) is 0 Å². The summed E-state index contributed by atoms with van der Waals surface area (Å²) in [5.74, 6) is 0.216. The standard InChI is InChI=1S/C13H24N2O/c1-11(2)15(8-9-16-3)13-7-5-4-6-12(13)10-14/h11-13H,4-9H2,1-3H3. The molecule has 1 rings (SSSR count). The number of ether oxygens (including phenoxy) is 1. The van der Waals surface area contributed by atoms with Gasteiger partial charge in [0.15, 0.2) is 0 Å². The van der Waals surface area contributed by atoms with Gasteiger partial charge in [-0.3, -0.25) is 4.90 Å². The van der Waals surface area contributed by atoms with Crippen LogP contribution in [-0.4, -0.2) is 37.2 Å². The van der Waals surface area contributed by atoms with Gasteiger partial charge < -0.3 is 4.74 Å². The molecule has 0 spiro atoms. The molecule has 0 amide bonds.